The first-order valence-electron chi connectivity index (χ1n) is 32.2. The van der Waals surface area contributed by atoms with Gasteiger partial charge in [-0.25, -0.2) is 4.57 Å². The van der Waals surface area contributed by atoms with Gasteiger partial charge in [-0.2, -0.15) is 0 Å². The smallest absolute Gasteiger partial charge is 0.462 e. The maximum Gasteiger partial charge on any atom is 0.472 e. The van der Waals surface area contributed by atoms with E-state index in [0.717, 1.165) is 38.5 Å². The molecule has 1 N–H and O–H groups in total. The SMILES string of the molecule is CCCCCCC/C=C\C/C=C\CCCCCCCCCCCCCCCCCCCCCCCC(=O)OC(COC(=O)CCCCCCCCC/C=C\CCCCCCCCC)COP(=O)(O)OCC[N+](C)(C)C. The molecule has 0 saturated carbocycles. The number of rotatable bonds is 60. The van der Waals surface area contributed by atoms with E-state index in [-0.39, 0.29) is 32.0 Å². The number of quaternary nitrogens is 1. The fourth-order valence-electron chi connectivity index (χ4n) is 9.40. The molecule has 0 aromatic heterocycles. The molecule has 0 aromatic carbocycles. The van der Waals surface area contributed by atoms with Crippen molar-refractivity contribution < 1.29 is 42.1 Å². The summed E-state index contributed by atoms with van der Waals surface area (Å²) < 4.78 is 34.6. The van der Waals surface area contributed by atoms with Gasteiger partial charge in [-0.3, -0.25) is 18.6 Å². The van der Waals surface area contributed by atoms with Crippen molar-refractivity contribution in [1.82, 2.24) is 0 Å². The third-order valence-corrected chi connectivity index (χ3v) is 15.4. The number of unbranched alkanes of at least 4 members (excludes halogenated alkanes) is 40. The Morgan fingerprint density at radius 2 is 0.720 bits per heavy atom. The van der Waals surface area contributed by atoms with Crippen LogP contribution in [0.15, 0.2) is 36.5 Å². The lowest BCUT2D eigenvalue weighted by molar-refractivity contribution is -0.870. The number of phosphoric acid groups is 1. The Kier molecular flexibility index (Phi) is 55.6. The van der Waals surface area contributed by atoms with Crippen LogP contribution < -0.4 is 0 Å². The van der Waals surface area contributed by atoms with Crippen molar-refractivity contribution in [3.05, 3.63) is 36.5 Å². The number of allylic oxidation sites excluding steroid dienone is 6. The van der Waals surface area contributed by atoms with E-state index >= 15 is 0 Å². The molecule has 0 rings (SSSR count). The van der Waals surface area contributed by atoms with Gasteiger partial charge in [0.2, 0.25) is 0 Å². The summed E-state index contributed by atoms with van der Waals surface area (Å²) in [5, 5.41) is 0. The number of carbonyl (C=O) groups is 2. The predicted octanol–water partition coefficient (Wildman–Crippen LogP) is 20.3. The fourth-order valence-corrected chi connectivity index (χ4v) is 10.1. The second kappa shape index (κ2) is 56.9. The third kappa shape index (κ3) is 61.3. The highest BCUT2D eigenvalue weighted by Gasteiger charge is 2.27. The van der Waals surface area contributed by atoms with E-state index in [1.165, 1.54) is 244 Å². The van der Waals surface area contributed by atoms with Crippen molar-refractivity contribution in [2.75, 3.05) is 47.5 Å². The van der Waals surface area contributed by atoms with Gasteiger partial charge in [0.05, 0.1) is 27.7 Å². The molecule has 0 saturated heterocycles. The molecule has 2 atom stereocenters. The number of hydrogen-bond acceptors (Lipinski definition) is 7. The summed E-state index contributed by atoms with van der Waals surface area (Å²) in [5.74, 6) is -0.786. The minimum Gasteiger partial charge on any atom is -0.462 e. The first-order chi connectivity index (χ1) is 36.5. The summed E-state index contributed by atoms with van der Waals surface area (Å²) in [6.45, 7) is 4.46. The largest absolute Gasteiger partial charge is 0.472 e. The van der Waals surface area contributed by atoms with Crippen molar-refractivity contribution in [1.29, 1.82) is 0 Å². The van der Waals surface area contributed by atoms with Gasteiger partial charge >= 0.3 is 19.8 Å². The number of ether oxygens (including phenoxy) is 2. The molecule has 0 aromatic rings. The van der Waals surface area contributed by atoms with Crippen LogP contribution in [-0.2, 0) is 32.7 Å². The van der Waals surface area contributed by atoms with Crippen molar-refractivity contribution in [3.63, 3.8) is 0 Å². The maximum atomic E-state index is 12.8. The molecule has 10 heteroatoms. The fraction of sp³-hybridized carbons (Fsp3) is 0.877. The van der Waals surface area contributed by atoms with Crippen LogP contribution in [0.1, 0.15) is 316 Å². The molecule has 0 aliphatic rings. The minimum absolute atomic E-state index is 0.0332. The minimum atomic E-state index is -4.39. The van der Waals surface area contributed by atoms with Gasteiger partial charge in [-0.1, -0.05) is 269 Å². The van der Waals surface area contributed by atoms with Gasteiger partial charge in [-0.05, 0) is 70.6 Å². The summed E-state index contributed by atoms with van der Waals surface area (Å²) in [6, 6.07) is 0. The van der Waals surface area contributed by atoms with Crippen molar-refractivity contribution in [2.45, 2.75) is 322 Å². The highest BCUT2D eigenvalue weighted by Crippen LogP contribution is 2.43. The standard InChI is InChI=1S/C65H124NO8P/c1-6-8-10-12-14-16-18-20-22-24-26-27-28-29-30-31-32-33-34-35-36-37-38-39-40-42-44-46-48-50-52-54-56-58-65(68)74-63(62-73-75(69,70)72-60-59-66(3,4)5)61-71-64(67)57-55-53-51-49-47-45-43-41-25-23-21-19-17-15-13-11-9-7-2/h18,20,23-26,63H,6-17,19,21-22,27-62H2,1-5H3/p+1/b20-18-,25-23-,26-24-. The molecule has 0 amide bonds. The Labute approximate surface area is 465 Å². The van der Waals surface area contributed by atoms with Gasteiger partial charge in [0.15, 0.2) is 6.10 Å². The molecule has 0 fully saturated rings. The van der Waals surface area contributed by atoms with E-state index in [0.29, 0.717) is 17.4 Å². The van der Waals surface area contributed by atoms with E-state index in [2.05, 4.69) is 50.3 Å². The molecule has 0 bridgehead atoms. The quantitative estimate of drug-likeness (QED) is 0.0211. The lowest BCUT2D eigenvalue weighted by atomic mass is 10.0. The number of likely N-dealkylation sites (N-methyl/N-ethyl adjacent to an activating group) is 1. The zero-order valence-corrected chi connectivity index (χ0v) is 51.2. The monoisotopic (exact) mass is 1080 g/mol. The van der Waals surface area contributed by atoms with Crippen molar-refractivity contribution in [3.8, 4) is 0 Å². The molecule has 0 heterocycles. The topological polar surface area (TPSA) is 108 Å². The van der Waals surface area contributed by atoms with Gasteiger partial charge in [0.1, 0.15) is 19.8 Å². The molecular weight excluding hydrogens is 954 g/mol. The average Bonchev–Trinajstić information content (AvgIpc) is 3.37. The Hall–Kier alpha value is -1.77. The second-order valence-corrected chi connectivity index (χ2v) is 24.6. The first-order valence-corrected chi connectivity index (χ1v) is 33.7. The van der Waals surface area contributed by atoms with Crippen LogP contribution in [0, 0.1) is 0 Å². The molecule has 75 heavy (non-hydrogen) atoms. The van der Waals surface area contributed by atoms with Gasteiger partial charge in [0, 0.05) is 12.8 Å². The molecule has 0 aliphatic heterocycles. The number of phosphoric ester groups is 1. The molecule has 9 nitrogen and oxygen atoms in total. The normalized spacial score (nSPS) is 13.4. The highest BCUT2D eigenvalue weighted by molar-refractivity contribution is 7.47. The molecule has 0 radical (unpaired) electrons. The van der Waals surface area contributed by atoms with Gasteiger partial charge in [0.25, 0.3) is 0 Å². The van der Waals surface area contributed by atoms with E-state index in [1.807, 2.05) is 21.1 Å². The predicted molar refractivity (Wildman–Crippen MR) is 321 cm³/mol. The Bertz CT molecular complexity index is 1360. The van der Waals surface area contributed by atoms with Gasteiger partial charge in [-0.15, -0.1) is 0 Å². The van der Waals surface area contributed by atoms with Crippen LogP contribution in [-0.4, -0.2) is 74.9 Å². The average molecular weight is 1080 g/mol. The van der Waals surface area contributed by atoms with Crippen LogP contribution in [0.2, 0.25) is 0 Å². The third-order valence-electron chi connectivity index (χ3n) is 14.4. The zero-order valence-electron chi connectivity index (χ0n) is 50.3. The summed E-state index contributed by atoms with van der Waals surface area (Å²) in [5.41, 5.74) is 0. The zero-order chi connectivity index (χ0) is 54.9. The number of nitrogens with zero attached hydrogens (tertiary/aromatic N) is 1. The molecule has 2 unspecified atom stereocenters. The number of carbonyl (C=O) groups excluding carboxylic acids is 2. The lowest BCUT2D eigenvalue weighted by Gasteiger charge is -2.24. The Balaban J connectivity index is 4.00. The first kappa shape index (κ1) is 73.2. The van der Waals surface area contributed by atoms with Crippen molar-refractivity contribution >= 4 is 19.8 Å². The summed E-state index contributed by atoms with van der Waals surface area (Å²) in [4.78, 5) is 35.7. The molecular formula is C65H125NO8P+. The number of hydrogen-bond donors (Lipinski definition) is 1. The van der Waals surface area contributed by atoms with Crippen LogP contribution >= 0.6 is 7.82 Å². The summed E-state index contributed by atoms with van der Waals surface area (Å²) >= 11 is 0. The molecule has 0 spiro atoms. The van der Waals surface area contributed by atoms with E-state index in [4.69, 9.17) is 18.5 Å². The van der Waals surface area contributed by atoms with Crippen LogP contribution in [0.4, 0.5) is 0 Å². The van der Waals surface area contributed by atoms with Gasteiger partial charge < -0.3 is 18.9 Å². The van der Waals surface area contributed by atoms with E-state index < -0.39 is 26.5 Å². The molecule has 0 aliphatic carbocycles. The maximum absolute atomic E-state index is 12.8. The van der Waals surface area contributed by atoms with Crippen LogP contribution in [0.5, 0.6) is 0 Å². The number of esters is 2. The Morgan fingerprint density at radius 3 is 1.07 bits per heavy atom. The summed E-state index contributed by atoms with van der Waals surface area (Å²) in [7, 11) is 1.49. The van der Waals surface area contributed by atoms with Crippen LogP contribution in [0.25, 0.3) is 0 Å². The molecule has 442 valence electrons. The van der Waals surface area contributed by atoms with E-state index in [1.54, 1.807) is 0 Å². The van der Waals surface area contributed by atoms with E-state index in [9.17, 15) is 19.0 Å². The summed E-state index contributed by atoms with van der Waals surface area (Å²) in [6.07, 6.45) is 70.9. The van der Waals surface area contributed by atoms with Crippen LogP contribution in [0.3, 0.4) is 0 Å². The highest BCUT2D eigenvalue weighted by atomic mass is 31.2. The Morgan fingerprint density at radius 1 is 0.413 bits per heavy atom. The second-order valence-electron chi connectivity index (χ2n) is 23.1. The lowest BCUT2D eigenvalue weighted by Crippen LogP contribution is -2.37. The van der Waals surface area contributed by atoms with Crippen molar-refractivity contribution in [2.24, 2.45) is 0 Å².